The van der Waals surface area contributed by atoms with Crippen LogP contribution in [0.15, 0.2) is 28.8 Å². The van der Waals surface area contributed by atoms with Crippen LogP contribution in [0.2, 0.25) is 0 Å². The maximum absolute atomic E-state index is 12.1. The number of nitrogens with zero attached hydrogens (tertiary/aromatic N) is 2. The molecule has 0 aliphatic heterocycles. The molecule has 28 heavy (non-hydrogen) atoms. The predicted octanol–water partition coefficient (Wildman–Crippen LogP) is 2.83. The summed E-state index contributed by atoms with van der Waals surface area (Å²) in [4.78, 5) is 27.5. The Morgan fingerprint density at radius 2 is 1.93 bits per heavy atom. The summed E-state index contributed by atoms with van der Waals surface area (Å²) >= 11 is 0. The van der Waals surface area contributed by atoms with Crippen molar-refractivity contribution in [2.24, 2.45) is 5.92 Å². The highest BCUT2D eigenvalue weighted by Gasteiger charge is 2.26. The normalized spacial score (nSPS) is 19.2. The van der Waals surface area contributed by atoms with Crippen LogP contribution in [-0.2, 0) is 16.0 Å². The number of amides is 1. The summed E-state index contributed by atoms with van der Waals surface area (Å²) in [6.07, 6.45) is 3.23. The standard InChI is InChI=1S/C20H25N3O5/c1-2-27-16-9-5-13(6-10-16)19-22-18(28-23-19)12-11-17(24)21-15-7-3-14(4-8-15)20(25)26/h5-6,9-10,14-15H,2-4,7-8,11-12H2,1H3,(H,21,24)(H,25,26). The van der Waals surface area contributed by atoms with Gasteiger partial charge in [0, 0.05) is 24.4 Å². The molecule has 1 fully saturated rings. The van der Waals surface area contributed by atoms with Crippen LogP contribution >= 0.6 is 0 Å². The lowest BCUT2D eigenvalue weighted by Crippen LogP contribution is -2.38. The van der Waals surface area contributed by atoms with E-state index in [1.54, 1.807) is 0 Å². The number of carboxylic acid groups (broad SMARTS) is 1. The molecule has 8 nitrogen and oxygen atoms in total. The maximum Gasteiger partial charge on any atom is 0.306 e. The first kappa shape index (κ1) is 19.9. The predicted molar refractivity (Wildman–Crippen MR) is 101 cm³/mol. The number of carbonyl (C=O) groups excluding carboxylic acids is 1. The molecule has 1 aliphatic carbocycles. The molecule has 1 aromatic heterocycles. The van der Waals surface area contributed by atoms with Crippen molar-refractivity contribution in [3.8, 4) is 17.1 Å². The molecule has 2 N–H and O–H groups in total. The van der Waals surface area contributed by atoms with Crippen molar-refractivity contribution < 1.29 is 24.0 Å². The number of hydrogen-bond donors (Lipinski definition) is 2. The van der Waals surface area contributed by atoms with E-state index in [4.69, 9.17) is 14.4 Å². The molecule has 3 rings (SSSR count). The van der Waals surface area contributed by atoms with Crippen molar-refractivity contribution in [1.29, 1.82) is 0 Å². The van der Waals surface area contributed by atoms with Gasteiger partial charge < -0.3 is 19.7 Å². The summed E-state index contributed by atoms with van der Waals surface area (Å²) in [6, 6.07) is 7.47. The molecule has 1 aromatic carbocycles. The fraction of sp³-hybridized carbons (Fsp3) is 0.500. The van der Waals surface area contributed by atoms with Gasteiger partial charge in [-0.15, -0.1) is 0 Å². The van der Waals surface area contributed by atoms with E-state index in [-0.39, 0.29) is 24.3 Å². The van der Waals surface area contributed by atoms with Gasteiger partial charge in [0.2, 0.25) is 17.6 Å². The molecule has 8 heteroatoms. The number of carboxylic acids is 1. The molecule has 150 valence electrons. The van der Waals surface area contributed by atoms with E-state index in [1.807, 2.05) is 31.2 Å². The Bertz CT molecular complexity index is 794. The number of ether oxygens (including phenoxy) is 1. The van der Waals surface area contributed by atoms with E-state index in [0.29, 0.717) is 50.4 Å². The van der Waals surface area contributed by atoms with E-state index in [0.717, 1.165) is 11.3 Å². The third-order valence-corrected chi connectivity index (χ3v) is 4.90. The number of aliphatic carboxylic acids is 1. The Balaban J connectivity index is 1.45. The summed E-state index contributed by atoms with van der Waals surface area (Å²) in [6.45, 7) is 2.53. The molecule has 1 amide bonds. The number of nitrogens with one attached hydrogen (secondary N) is 1. The van der Waals surface area contributed by atoms with Crippen LogP contribution in [0.3, 0.4) is 0 Å². The smallest absolute Gasteiger partial charge is 0.306 e. The molecule has 0 bridgehead atoms. The molecule has 0 spiro atoms. The van der Waals surface area contributed by atoms with E-state index >= 15 is 0 Å². The van der Waals surface area contributed by atoms with Crippen LogP contribution in [0.1, 0.15) is 44.9 Å². The number of hydrogen-bond acceptors (Lipinski definition) is 6. The Morgan fingerprint density at radius 1 is 1.21 bits per heavy atom. The zero-order valence-electron chi connectivity index (χ0n) is 15.9. The average molecular weight is 387 g/mol. The van der Waals surface area contributed by atoms with Crippen LogP contribution < -0.4 is 10.1 Å². The zero-order chi connectivity index (χ0) is 19.9. The zero-order valence-corrected chi connectivity index (χ0v) is 15.9. The second-order valence-electron chi connectivity index (χ2n) is 6.92. The highest BCUT2D eigenvalue weighted by molar-refractivity contribution is 5.76. The van der Waals surface area contributed by atoms with Crippen LogP contribution in [0.5, 0.6) is 5.75 Å². The second kappa shape index (κ2) is 9.34. The third-order valence-electron chi connectivity index (χ3n) is 4.90. The van der Waals surface area contributed by atoms with Gasteiger partial charge in [0.25, 0.3) is 0 Å². The van der Waals surface area contributed by atoms with Crippen molar-refractivity contribution >= 4 is 11.9 Å². The first-order chi connectivity index (χ1) is 13.5. The third kappa shape index (κ3) is 5.31. The lowest BCUT2D eigenvalue weighted by atomic mass is 9.86. The number of aromatic nitrogens is 2. The number of carbonyl (C=O) groups is 2. The topological polar surface area (TPSA) is 115 Å². The molecule has 2 aromatic rings. The molecule has 1 saturated carbocycles. The Labute approximate surface area is 163 Å². The van der Waals surface area contributed by atoms with E-state index in [9.17, 15) is 9.59 Å². The summed E-state index contributed by atoms with van der Waals surface area (Å²) in [5, 5.41) is 16.0. The van der Waals surface area contributed by atoms with Crippen LogP contribution in [-0.4, -0.2) is 39.8 Å². The first-order valence-corrected chi connectivity index (χ1v) is 9.63. The molecular formula is C20H25N3O5. The number of aryl methyl sites for hydroxylation is 1. The van der Waals surface area contributed by atoms with Gasteiger partial charge in [0.1, 0.15) is 5.75 Å². The summed E-state index contributed by atoms with van der Waals surface area (Å²) < 4.78 is 10.6. The van der Waals surface area contributed by atoms with E-state index < -0.39 is 5.97 Å². The molecular weight excluding hydrogens is 362 g/mol. The lowest BCUT2D eigenvalue weighted by Gasteiger charge is -2.26. The molecule has 1 aliphatic rings. The van der Waals surface area contributed by atoms with Crippen LogP contribution in [0, 0.1) is 5.92 Å². The Morgan fingerprint density at radius 3 is 2.57 bits per heavy atom. The van der Waals surface area contributed by atoms with Gasteiger partial charge in [-0.3, -0.25) is 9.59 Å². The molecule has 1 heterocycles. The summed E-state index contributed by atoms with van der Waals surface area (Å²) in [5.41, 5.74) is 0.818. The van der Waals surface area contributed by atoms with Gasteiger partial charge in [0.15, 0.2) is 0 Å². The maximum atomic E-state index is 12.1. The fourth-order valence-electron chi connectivity index (χ4n) is 3.35. The van der Waals surface area contributed by atoms with Gasteiger partial charge in [0.05, 0.1) is 12.5 Å². The van der Waals surface area contributed by atoms with E-state index in [2.05, 4.69) is 15.5 Å². The quantitative estimate of drug-likeness (QED) is 0.716. The Hall–Kier alpha value is -2.90. The van der Waals surface area contributed by atoms with Gasteiger partial charge >= 0.3 is 5.97 Å². The first-order valence-electron chi connectivity index (χ1n) is 9.63. The molecule has 0 unspecified atom stereocenters. The summed E-state index contributed by atoms with van der Waals surface area (Å²) in [7, 11) is 0. The van der Waals surface area contributed by atoms with Crippen molar-refractivity contribution in [3.63, 3.8) is 0 Å². The minimum Gasteiger partial charge on any atom is -0.494 e. The highest BCUT2D eigenvalue weighted by Crippen LogP contribution is 2.24. The molecule has 0 radical (unpaired) electrons. The van der Waals surface area contributed by atoms with Crippen molar-refractivity contribution in [2.75, 3.05) is 6.61 Å². The minimum atomic E-state index is -0.746. The fourth-order valence-corrected chi connectivity index (χ4v) is 3.35. The monoisotopic (exact) mass is 387 g/mol. The number of benzene rings is 1. The largest absolute Gasteiger partial charge is 0.494 e. The van der Waals surface area contributed by atoms with Crippen molar-refractivity contribution in [3.05, 3.63) is 30.2 Å². The second-order valence-corrected chi connectivity index (χ2v) is 6.92. The van der Waals surface area contributed by atoms with Crippen molar-refractivity contribution in [1.82, 2.24) is 15.5 Å². The van der Waals surface area contributed by atoms with Crippen LogP contribution in [0.4, 0.5) is 0 Å². The lowest BCUT2D eigenvalue weighted by molar-refractivity contribution is -0.142. The van der Waals surface area contributed by atoms with Gasteiger partial charge in [-0.05, 0) is 56.9 Å². The van der Waals surface area contributed by atoms with Gasteiger partial charge in [-0.2, -0.15) is 4.98 Å². The molecule has 0 atom stereocenters. The van der Waals surface area contributed by atoms with Crippen molar-refractivity contribution in [2.45, 2.75) is 51.5 Å². The van der Waals surface area contributed by atoms with Gasteiger partial charge in [-0.25, -0.2) is 0 Å². The molecule has 0 saturated heterocycles. The minimum absolute atomic E-state index is 0.0465. The number of rotatable bonds is 8. The van der Waals surface area contributed by atoms with Gasteiger partial charge in [-0.1, -0.05) is 5.16 Å². The Kier molecular flexibility index (Phi) is 6.62. The highest BCUT2D eigenvalue weighted by atomic mass is 16.5. The average Bonchev–Trinajstić information content (AvgIpc) is 3.17. The van der Waals surface area contributed by atoms with Crippen LogP contribution in [0.25, 0.3) is 11.4 Å². The summed E-state index contributed by atoms with van der Waals surface area (Å²) in [5.74, 6) is 0.555. The SMILES string of the molecule is CCOc1ccc(-c2noc(CCC(=O)NC3CCC(C(=O)O)CC3)n2)cc1. The van der Waals surface area contributed by atoms with E-state index in [1.165, 1.54) is 0 Å².